The minimum absolute atomic E-state index is 0.0277. The summed E-state index contributed by atoms with van der Waals surface area (Å²) in [5.41, 5.74) is 1.18. The molecular formula is C13H18O4S. The highest BCUT2D eigenvalue weighted by Crippen LogP contribution is 2.40. The third-order valence-electron chi connectivity index (χ3n) is 3.41. The van der Waals surface area contributed by atoms with Gasteiger partial charge < -0.3 is 9.84 Å². The molecule has 1 aromatic rings. The van der Waals surface area contributed by atoms with Gasteiger partial charge in [0.2, 0.25) is 0 Å². The number of benzene rings is 1. The van der Waals surface area contributed by atoms with Crippen LogP contribution in [0.3, 0.4) is 0 Å². The van der Waals surface area contributed by atoms with Crippen LogP contribution >= 0.6 is 0 Å². The first kappa shape index (κ1) is 13.4. The van der Waals surface area contributed by atoms with Crippen LogP contribution in [0.2, 0.25) is 0 Å². The van der Waals surface area contributed by atoms with E-state index in [4.69, 9.17) is 4.74 Å². The second kappa shape index (κ2) is 4.24. The molecule has 1 fully saturated rings. The summed E-state index contributed by atoms with van der Waals surface area (Å²) in [5.74, 6) is 0.368. The molecule has 1 atom stereocenters. The van der Waals surface area contributed by atoms with Crippen LogP contribution in [0.1, 0.15) is 23.1 Å². The fourth-order valence-electron chi connectivity index (χ4n) is 2.72. The second-order valence-electron chi connectivity index (χ2n) is 5.03. The van der Waals surface area contributed by atoms with Gasteiger partial charge in [0.25, 0.3) is 0 Å². The summed E-state index contributed by atoms with van der Waals surface area (Å²) in [7, 11) is -1.63. The highest BCUT2D eigenvalue weighted by atomic mass is 32.2. The monoisotopic (exact) mass is 270 g/mol. The van der Waals surface area contributed by atoms with Crippen molar-refractivity contribution in [2.75, 3.05) is 18.6 Å². The van der Waals surface area contributed by atoms with Gasteiger partial charge in [-0.15, -0.1) is 0 Å². The Morgan fingerprint density at radius 3 is 2.50 bits per heavy atom. The molecule has 5 heteroatoms. The van der Waals surface area contributed by atoms with Crippen LogP contribution in [0.5, 0.6) is 5.75 Å². The van der Waals surface area contributed by atoms with Gasteiger partial charge in [0.1, 0.15) is 11.4 Å². The lowest BCUT2D eigenvalue weighted by Crippen LogP contribution is -2.28. The summed E-state index contributed by atoms with van der Waals surface area (Å²) >= 11 is 0. The number of ether oxygens (including phenoxy) is 1. The first-order chi connectivity index (χ1) is 8.27. The average Bonchev–Trinajstić information content (AvgIpc) is 2.52. The molecule has 1 aliphatic rings. The van der Waals surface area contributed by atoms with Gasteiger partial charge >= 0.3 is 0 Å². The third-order valence-corrected chi connectivity index (χ3v) is 5.16. The molecule has 2 rings (SSSR count). The molecule has 1 aliphatic heterocycles. The zero-order valence-electron chi connectivity index (χ0n) is 10.9. The van der Waals surface area contributed by atoms with Crippen LogP contribution in [0, 0.1) is 13.8 Å². The summed E-state index contributed by atoms with van der Waals surface area (Å²) < 4.78 is 28.5. The Bertz CT molecular complexity index is 577. The molecule has 18 heavy (non-hydrogen) atoms. The molecule has 1 N–H and O–H groups in total. The van der Waals surface area contributed by atoms with Crippen molar-refractivity contribution in [2.45, 2.75) is 25.9 Å². The molecule has 0 aromatic heterocycles. The van der Waals surface area contributed by atoms with E-state index in [1.807, 2.05) is 26.0 Å². The Kier molecular flexibility index (Phi) is 3.15. The van der Waals surface area contributed by atoms with Gasteiger partial charge in [0.05, 0.1) is 18.6 Å². The molecule has 100 valence electrons. The molecule has 0 saturated carbocycles. The molecule has 4 nitrogen and oxygen atoms in total. The predicted octanol–water partition coefficient (Wildman–Crippen LogP) is 1.32. The zero-order chi connectivity index (χ0) is 13.6. The molecule has 0 spiro atoms. The Morgan fingerprint density at radius 2 is 2.00 bits per heavy atom. The van der Waals surface area contributed by atoms with Gasteiger partial charge in [-0.2, -0.15) is 0 Å². The molecule has 1 aromatic carbocycles. The molecule has 1 saturated heterocycles. The van der Waals surface area contributed by atoms with Gasteiger partial charge in [0.15, 0.2) is 9.84 Å². The fourth-order valence-corrected chi connectivity index (χ4v) is 4.52. The maximum Gasteiger partial charge on any atom is 0.153 e. The lowest BCUT2D eigenvalue weighted by molar-refractivity contribution is 0.0618. The maximum absolute atomic E-state index is 11.6. The van der Waals surface area contributed by atoms with E-state index in [1.165, 1.54) is 7.11 Å². The lowest BCUT2D eigenvalue weighted by atomic mass is 9.88. The molecule has 1 heterocycles. The quantitative estimate of drug-likeness (QED) is 0.880. The number of sulfone groups is 1. The highest BCUT2D eigenvalue weighted by Gasteiger charge is 2.44. The molecular weight excluding hydrogens is 252 g/mol. The second-order valence-corrected chi connectivity index (χ2v) is 7.22. The number of methoxy groups -OCH3 is 1. The summed E-state index contributed by atoms with van der Waals surface area (Å²) in [6.07, 6.45) is 0.232. The Balaban J connectivity index is 2.58. The van der Waals surface area contributed by atoms with Gasteiger partial charge in [0, 0.05) is 5.56 Å². The molecule has 1 unspecified atom stereocenters. The van der Waals surface area contributed by atoms with Crippen LogP contribution in [0.25, 0.3) is 0 Å². The maximum atomic E-state index is 11.6. The standard InChI is InChI=1S/C13H18O4S/c1-9-6-10(2)12(11(7-9)17-3)13(14)4-5-18(15,16)8-13/h6-7,14H,4-5,8H2,1-3H3. The van der Waals surface area contributed by atoms with E-state index in [9.17, 15) is 13.5 Å². The number of hydrogen-bond acceptors (Lipinski definition) is 4. The Hall–Kier alpha value is -1.07. The molecule has 0 aliphatic carbocycles. The van der Waals surface area contributed by atoms with E-state index in [2.05, 4.69) is 0 Å². The largest absolute Gasteiger partial charge is 0.496 e. The fraction of sp³-hybridized carbons (Fsp3) is 0.538. The van der Waals surface area contributed by atoms with E-state index >= 15 is 0 Å². The van der Waals surface area contributed by atoms with Gasteiger partial charge in [-0.3, -0.25) is 0 Å². The van der Waals surface area contributed by atoms with Crippen molar-refractivity contribution in [1.29, 1.82) is 0 Å². The summed E-state index contributed by atoms with van der Waals surface area (Å²) in [6.45, 7) is 3.81. The van der Waals surface area contributed by atoms with Crippen molar-refractivity contribution in [3.05, 3.63) is 28.8 Å². The van der Waals surface area contributed by atoms with Crippen LogP contribution in [-0.4, -0.2) is 32.1 Å². The minimum Gasteiger partial charge on any atom is -0.496 e. The van der Waals surface area contributed by atoms with E-state index in [0.29, 0.717) is 11.3 Å². The van der Waals surface area contributed by atoms with Gasteiger partial charge in [-0.1, -0.05) is 6.07 Å². The number of hydrogen-bond donors (Lipinski definition) is 1. The highest BCUT2D eigenvalue weighted by molar-refractivity contribution is 7.91. The van der Waals surface area contributed by atoms with Crippen molar-refractivity contribution < 1.29 is 18.3 Å². The first-order valence-electron chi connectivity index (χ1n) is 5.86. The number of aryl methyl sites for hydroxylation is 2. The Labute approximate surface area is 108 Å². The molecule has 0 bridgehead atoms. The third kappa shape index (κ3) is 2.24. The van der Waals surface area contributed by atoms with Crippen LogP contribution in [0.4, 0.5) is 0 Å². The summed E-state index contributed by atoms with van der Waals surface area (Å²) in [6, 6.07) is 3.76. The summed E-state index contributed by atoms with van der Waals surface area (Å²) in [4.78, 5) is 0. The van der Waals surface area contributed by atoms with Crippen molar-refractivity contribution in [1.82, 2.24) is 0 Å². The van der Waals surface area contributed by atoms with Crippen molar-refractivity contribution in [3.8, 4) is 5.75 Å². The van der Waals surface area contributed by atoms with E-state index in [-0.39, 0.29) is 17.9 Å². The van der Waals surface area contributed by atoms with Crippen molar-refractivity contribution in [2.24, 2.45) is 0 Å². The lowest BCUT2D eigenvalue weighted by Gasteiger charge is -2.26. The predicted molar refractivity (Wildman–Crippen MR) is 69.6 cm³/mol. The summed E-state index contributed by atoms with van der Waals surface area (Å²) in [5, 5.41) is 10.6. The zero-order valence-corrected chi connectivity index (χ0v) is 11.7. The van der Waals surface area contributed by atoms with Crippen LogP contribution < -0.4 is 4.74 Å². The SMILES string of the molecule is COc1cc(C)cc(C)c1C1(O)CCS(=O)(=O)C1. The topological polar surface area (TPSA) is 63.6 Å². The van der Waals surface area contributed by atoms with Crippen LogP contribution in [0.15, 0.2) is 12.1 Å². The van der Waals surface area contributed by atoms with Crippen LogP contribution in [-0.2, 0) is 15.4 Å². The molecule has 0 amide bonds. The minimum atomic E-state index is -3.16. The van der Waals surface area contributed by atoms with Gasteiger partial charge in [-0.25, -0.2) is 8.42 Å². The number of rotatable bonds is 2. The smallest absolute Gasteiger partial charge is 0.153 e. The Morgan fingerprint density at radius 1 is 1.33 bits per heavy atom. The molecule has 0 radical (unpaired) electrons. The van der Waals surface area contributed by atoms with E-state index in [0.717, 1.165) is 11.1 Å². The first-order valence-corrected chi connectivity index (χ1v) is 7.68. The van der Waals surface area contributed by atoms with Gasteiger partial charge in [-0.05, 0) is 37.5 Å². The van der Waals surface area contributed by atoms with Crippen molar-refractivity contribution >= 4 is 9.84 Å². The normalized spacial score (nSPS) is 26.2. The van der Waals surface area contributed by atoms with E-state index in [1.54, 1.807) is 0 Å². The van der Waals surface area contributed by atoms with Crippen molar-refractivity contribution in [3.63, 3.8) is 0 Å². The average molecular weight is 270 g/mol. The number of aliphatic hydroxyl groups is 1. The van der Waals surface area contributed by atoms with E-state index < -0.39 is 15.4 Å².